The van der Waals surface area contributed by atoms with Crippen molar-refractivity contribution in [2.45, 2.75) is 31.2 Å². The van der Waals surface area contributed by atoms with E-state index in [1.807, 2.05) is 0 Å². The number of nitrogens with one attached hydrogen (secondary N) is 1. The number of thioether (sulfide) groups is 1. The first-order chi connectivity index (χ1) is 7.83. The zero-order valence-electron chi connectivity index (χ0n) is 10.1. The maximum absolute atomic E-state index is 8.88. The van der Waals surface area contributed by atoms with E-state index >= 15 is 0 Å². The van der Waals surface area contributed by atoms with Gasteiger partial charge in [0.05, 0.1) is 6.61 Å². The minimum absolute atomic E-state index is 0.233. The SMILES string of the molecule is CCNC(CC)c1ccccc1SCCO. The molecule has 1 aromatic rings. The summed E-state index contributed by atoms with van der Waals surface area (Å²) in [4.78, 5) is 1.28. The van der Waals surface area contributed by atoms with Crippen LogP contribution in [0.2, 0.25) is 0 Å². The summed E-state index contributed by atoms with van der Waals surface area (Å²) >= 11 is 1.73. The second-order valence-electron chi connectivity index (χ2n) is 3.63. The highest BCUT2D eigenvalue weighted by atomic mass is 32.2. The molecule has 1 atom stereocenters. The van der Waals surface area contributed by atoms with Crippen LogP contribution in [0.15, 0.2) is 29.2 Å². The van der Waals surface area contributed by atoms with Crippen molar-refractivity contribution in [2.24, 2.45) is 0 Å². The van der Waals surface area contributed by atoms with Crippen molar-refractivity contribution >= 4 is 11.8 Å². The van der Waals surface area contributed by atoms with Crippen molar-refractivity contribution in [1.29, 1.82) is 0 Å². The lowest BCUT2D eigenvalue weighted by Crippen LogP contribution is -2.20. The highest BCUT2D eigenvalue weighted by molar-refractivity contribution is 7.99. The molecule has 0 aliphatic rings. The predicted molar refractivity (Wildman–Crippen MR) is 71.0 cm³/mol. The molecule has 3 heteroatoms. The van der Waals surface area contributed by atoms with Crippen LogP contribution in [0.25, 0.3) is 0 Å². The number of hydrogen-bond acceptors (Lipinski definition) is 3. The van der Waals surface area contributed by atoms with Crippen LogP contribution in [0.4, 0.5) is 0 Å². The summed E-state index contributed by atoms with van der Waals surface area (Å²) in [5.41, 5.74) is 1.35. The Hall–Kier alpha value is -0.510. The molecule has 0 bridgehead atoms. The zero-order chi connectivity index (χ0) is 11.8. The van der Waals surface area contributed by atoms with Crippen LogP contribution in [-0.4, -0.2) is 24.0 Å². The molecule has 2 N–H and O–H groups in total. The molecule has 16 heavy (non-hydrogen) atoms. The average Bonchev–Trinajstić information content (AvgIpc) is 2.34. The normalized spacial score (nSPS) is 12.7. The van der Waals surface area contributed by atoms with E-state index in [-0.39, 0.29) is 6.61 Å². The van der Waals surface area contributed by atoms with Gasteiger partial charge in [0.15, 0.2) is 0 Å². The van der Waals surface area contributed by atoms with Gasteiger partial charge in [-0.3, -0.25) is 0 Å². The molecule has 0 aliphatic heterocycles. The lowest BCUT2D eigenvalue weighted by molar-refractivity contribution is 0.322. The van der Waals surface area contributed by atoms with Crippen LogP contribution >= 0.6 is 11.8 Å². The molecule has 0 amide bonds. The highest BCUT2D eigenvalue weighted by Gasteiger charge is 2.11. The third-order valence-electron chi connectivity index (χ3n) is 2.50. The molecule has 0 fully saturated rings. The van der Waals surface area contributed by atoms with E-state index in [2.05, 4.69) is 43.4 Å². The van der Waals surface area contributed by atoms with Crippen LogP contribution in [0, 0.1) is 0 Å². The van der Waals surface area contributed by atoms with Crippen LogP contribution in [-0.2, 0) is 0 Å². The monoisotopic (exact) mass is 239 g/mol. The molecule has 2 nitrogen and oxygen atoms in total. The number of aliphatic hydroxyl groups excluding tert-OH is 1. The van der Waals surface area contributed by atoms with E-state index in [0.717, 1.165) is 18.7 Å². The molecule has 0 aliphatic carbocycles. The smallest absolute Gasteiger partial charge is 0.0525 e. The van der Waals surface area contributed by atoms with E-state index in [1.54, 1.807) is 11.8 Å². The van der Waals surface area contributed by atoms with Crippen molar-refractivity contribution in [2.75, 3.05) is 18.9 Å². The standard InChI is InChI=1S/C13H21NOS/c1-3-12(14-4-2)11-7-5-6-8-13(11)16-10-9-15/h5-8,12,14-15H,3-4,9-10H2,1-2H3. The number of aliphatic hydroxyl groups is 1. The fourth-order valence-electron chi connectivity index (χ4n) is 1.78. The molecule has 90 valence electrons. The summed E-state index contributed by atoms with van der Waals surface area (Å²) in [5, 5.41) is 12.4. The average molecular weight is 239 g/mol. The van der Waals surface area contributed by atoms with Crippen LogP contribution in [0.1, 0.15) is 31.9 Å². The zero-order valence-corrected chi connectivity index (χ0v) is 10.9. The Labute approximate surface area is 102 Å². The Morgan fingerprint density at radius 2 is 2.06 bits per heavy atom. The van der Waals surface area contributed by atoms with Crippen molar-refractivity contribution in [3.63, 3.8) is 0 Å². The first-order valence-electron chi connectivity index (χ1n) is 5.89. The van der Waals surface area contributed by atoms with Gasteiger partial charge in [0.1, 0.15) is 0 Å². The fourth-order valence-corrected chi connectivity index (χ4v) is 2.64. The van der Waals surface area contributed by atoms with Crippen molar-refractivity contribution in [3.05, 3.63) is 29.8 Å². The predicted octanol–water partition coefficient (Wildman–Crippen LogP) is 2.83. The van der Waals surface area contributed by atoms with Gasteiger partial charge in [0.25, 0.3) is 0 Å². The van der Waals surface area contributed by atoms with E-state index in [4.69, 9.17) is 5.11 Å². The van der Waals surface area contributed by atoms with Gasteiger partial charge in [-0.2, -0.15) is 0 Å². The molecular formula is C13H21NOS. The minimum Gasteiger partial charge on any atom is -0.396 e. The Morgan fingerprint density at radius 1 is 1.31 bits per heavy atom. The van der Waals surface area contributed by atoms with E-state index in [0.29, 0.717) is 6.04 Å². The van der Waals surface area contributed by atoms with Crippen molar-refractivity contribution in [1.82, 2.24) is 5.32 Å². The molecule has 0 aromatic heterocycles. The summed E-state index contributed by atoms with van der Waals surface area (Å²) in [5.74, 6) is 0.763. The molecule has 1 rings (SSSR count). The van der Waals surface area contributed by atoms with Crippen molar-refractivity contribution < 1.29 is 5.11 Å². The Bertz CT molecular complexity index is 304. The summed E-state index contributed by atoms with van der Waals surface area (Å²) < 4.78 is 0. The summed E-state index contributed by atoms with van der Waals surface area (Å²) in [6, 6.07) is 8.87. The topological polar surface area (TPSA) is 32.3 Å². The summed E-state index contributed by atoms with van der Waals surface area (Å²) in [6.07, 6.45) is 1.09. The first-order valence-corrected chi connectivity index (χ1v) is 6.88. The number of benzene rings is 1. The molecule has 0 radical (unpaired) electrons. The van der Waals surface area contributed by atoms with Gasteiger partial charge in [0, 0.05) is 16.7 Å². The Kier molecular flexibility index (Phi) is 6.53. The quantitative estimate of drug-likeness (QED) is 0.718. The number of rotatable bonds is 7. The van der Waals surface area contributed by atoms with E-state index in [1.165, 1.54) is 10.5 Å². The van der Waals surface area contributed by atoms with Crippen LogP contribution in [0.5, 0.6) is 0 Å². The van der Waals surface area contributed by atoms with Gasteiger partial charge in [-0.25, -0.2) is 0 Å². The van der Waals surface area contributed by atoms with Gasteiger partial charge < -0.3 is 10.4 Å². The maximum Gasteiger partial charge on any atom is 0.0525 e. The lowest BCUT2D eigenvalue weighted by Gasteiger charge is -2.19. The molecule has 0 saturated heterocycles. The van der Waals surface area contributed by atoms with Crippen LogP contribution < -0.4 is 5.32 Å². The molecule has 0 saturated carbocycles. The Morgan fingerprint density at radius 3 is 2.69 bits per heavy atom. The van der Waals surface area contributed by atoms with E-state index in [9.17, 15) is 0 Å². The number of hydrogen-bond donors (Lipinski definition) is 2. The van der Waals surface area contributed by atoms with Gasteiger partial charge in [-0.1, -0.05) is 32.0 Å². The van der Waals surface area contributed by atoms with Crippen molar-refractivity contribution in [3.8, 4) is 0 Å². The first kappa shape index (κ1) is 13.6. The van der Waals surface area contributed by atoms with Crippen LogP contribution in [0.3, 0.4) is 0 Å². The summed E-state index contributed by atoms with van der Waals surface area (Å²) in [6.45, 7) is 5.54. The minimum atomic E-state index is 0.233. The van der Waals surface area contributed by atoms with Gasteiger partial charge in [0.2, 0.25) is 0 Å². The third-order valence-corrected chi connectivity index (χ3v) is 3.57. The molecule has 0 spiro atoms. The fraction of sp³-hybridized carbons (Fsp3) is 0.538. The molecule has 1 aromatic carbocycles. The lowest BCUT2D eigenvalue weighted by atomic mass is 10.0. The third kappa shape index (κ3) is 3.81. The second kappa shape index (κ2) is 7.71. The van der Waals surface area contributed by atoms with Gasteiger partial charge in [-0.15, -0.1) is 11.8 Å². The second-order valence-corrected chi connectivity index (χ2v) is 4.77. The van der Waals surface area contributed by atoms with E-state index < -0.39 is 0 Å². The summed E-state index contributed by atoms with van der Waals surface area (Å²) in [7, 11) is 0. The molecule has 0 heterocycles. The maximum atomic E-state index is 8.88. The highest BCUT2D eigenvalue weighted by Crippen LogP contribution is 2.28. The largest absolute Gasteiger partial charge is 0.396 e. The van der Waals surface area contributed by atoms with Gasteiger partial charge >= 0.3 is 0 Å². The van der Waals surface area contributed by atoms with Gasteiger partial charge in [-0.05, 0) is 24.6 Å². The molecular weight excluding hydrogens is 218 g/mol. The molecule has 1 unspecified atom stereocenters. The Balaban J connectivity index is 2.82.